The highest BCUT2D eigenvalue weighted by molar-refractivity contribution is 7.99. The average Bonchev–Trinajstić information content (AvgIpc) is 2.53. The number of anilines is 1. The molecule has 0 spiro atoms. The first kappa shape index (κ1) is 18.6. The predicted octanol–water partition coefficient (Wildman–Crippen LogP) is 3.66. The van der Waals surface area contributed by atoms with E-state index < -0.39 is 15.9 Å². The second-order valence-electron chi connectivity index (χ2n) is 4.96. The molecule has 2 aromatic rings. The molecule has 5 nitrogen and oxygen atoms in total. The number of nitrogens with one attached hydrogen (secondary N) is 2. The number of thioether (sulfide) groups is 1. The second kappa shape index (κ2) is 8.41. The fourth-order valence-corrected chi connectivity index (χ4v) is 3.45. The molecule has 2 N–H and O–H groups in total. The highest BCUT2D eigenvalue weighted by atomic mass is 35.5. The van der Waals surface area contributed by atoms with E-state index in [9.17, 15) is 13.2 Å². The molecule has 0 aliphatic heterocycles. The van der Waals surface area contributed by atoms with Crippen molar-refractivity contribution < 1.29 is 13.2 Å². The molecule has 0 aliphatic rings. The first-order valence-electron chi connectivity index (χ1n) is 7.08. The van der Waals surface area contributed by atoms with E-state index in [2.05, 4.69) is 10.6 Å². The van der Waals surface area contributed by atoms with Gasteiger partial charge in [-0.25, -0.2) is 13.2 Å². The van der Waals surface area contributed by atoms with E-state index in [1.54, 1.807) is 11.8 Å². The number of carbonyl (C=O) groups excluding carboxylic acids is 1. The van der Waals surface area contributed by atoms with Crippen LogP contribution in [0.25, 0.3) is 0 Å². The van der Waals surface area contributed by atoms with Gasteiger partial charge in [-0.2, -0.15) is 0 Å². The van der Waals surface area contributed by atoms with Gasteiger partial charge in [-0.1, -0.05) is 29.8 Å². The Hall–Kier alpha value is -1.70. The molecule has 0 heterocycles. The van der Waals surface area contributed by atoms with Crippen molar-refractivity contribution in [3.05, 3.63) is 53.6 Å². The summed E-state index contributed by atoms with van der Waals surface area (Å²) in [5, 5.41) is 5.55. The first-order chi connectivity index (χ1) is 11.4. The van der Waals surface area contributed by atoms with Crippen molar-refractivity contribution in [1.29, 1.82) is 0 Å². The van der Waals surface area contributed by atoms with Crippen LogP contribution in [0.5, 0.6) is 0 Å². The Morgan fingerprint density at radius 1 is 1.17 bits per heavy atom. The monoisotopic (exact) mass is 384 g/mol. The van der Waals surface area contributed by atoms with Crippen molar-refractivity contribution in [2.45, 2.75) is 9.79 Å². The highest BCUT2D eigenvalue weighted by Gasteiger charge is 2.12. The van der Waals surface area contributed by atoms with Crippen LogP contribution in [0.1, 0.15) is 0 Å². The summed E-state index contributed by atoms with van der Waals surface area (Å²) in [5.74, 6) is 0.717. The van der Waals surface area contributed by atoms with Crippen molar-refractivity contribution in [2.75, 3.05) is 23.9 Å². The SMILES string of the molecule is CS(=O)(=O)c1ccc(Cl)c(NC(=O)NCCSc2ccccc2)c1. The molecule has 0 aliphatic carbocycles. The van der Waals surface area contributed by atoms with E-state index >= 15 is 0 Å². The molecular formula is C16H17ClN2O3S2. The van der Waals surface area contributed by atoms with Crippen LogP contribution in [0.15, 0.2) is 58.3 Å². The Morgan fingerprint density at radius 2 is 1.88 bits per heavy atom. The molecular weight excluding hydrogens is 368 g/mol. The molecule has 0 aromatic heterocycles. The van der Waals surface area contributed by atoms with Crippen LogP contribution in [0.2, 0.25) is 5.02 Å². The van der Waals surface area contributed by atoms with Gasteiger partial charge in [0.1, 0.15) is 0 Å². The molecule has 0 saturated carbocycles. The van der Waals surface area contributed by atoms with Gasteiger partial charge in [0.05, 0.1) is 15.6 Å². The lowest BCUT2D eigenvalue weighted by Gasteiger charge is -2.10. The maximum atomic E-state index is 11.9. The summed E-state index contributed by atoms with van der Waals surface area (Å²) >= 11 is 7.62. The Morgan fingerprint density at radius 3 is 2.54 bits per heavy atom. The van der Waals surface area contributed by atoms with Crippen LogP contribution in [0, 0.1) is 0 Å². The van der Waals surface area contributed by atoms with E-state index in [1.807, 2.05) is 30.3 Å². The van der Waals surface area contributed by atoms with E-state index in [4.69, 9.17) is 11.6 Å². The smallest absolute Gasteiger partial charge is 0.319 e. The van der Waals surface area contributed by atoms with Gasteiger partial charge < -0.3 is 10.6 Å². The molecule has 24 heavy (non-hydrogen) atoms. The molecule has 2 amide bonds. The maximum absolute atomic E-state index is 11.9. The number of sulfone groups is 1. The van der Waals surface area contributed by atoms with Gasteiger partial charge in [-0.3, -0.25) is 0 Å². The van der Waals surface area contributed by atoms with Gasteiger partial charge in [0.15, 0.2) is 9.84 Å². The third-order valence-electron chi connectivity index (χ3n) is 3.01. The van der Waals surface area contributed by atoms with Crippen LogP contribution in [0.3, 0.4) is 0 Å². The Bertz CT molecular complexity index is 811. The molecule has 2 aromatic carbocycles. The standard InChI is InChI=1S/C16H17ClN2O3S2/c1-24(21,22)13-7-8-14(17)15(11-13)19-16(20)18-9-10-23-12-5-3-2-4-6-12/h2-8,11H,9-10H2,1H3,(H2,18,19,20). The van der Waals surface area contributed by atoms with Crippen molar-refractivity contribution in [2.24, 2.45) is 0 Å². The highest BCUT2D eigenvalue weighted by Crippen LogP contribution is 2.25. The zero-order valence-corrected chi connectivity index (χ0v) is 15.3. The van der Waals surface area contributed by atoms with Gasteiger partial charge in [0, 0.05) is 23.4 Å². The molecule has 0 atom stereocenters. The van der Waals surface area contributed by atoms with Crippen LogP contribution in [0.4, 0.5) is 10.5 Å². The van der Waals surface area contributed by atoms with Gasteiger partial charge in [0.25, 0.3) is 0 Å². The normalized spacial score (nSPS) is 11.1. The number of halogens is 1. The van der Waals surface area contributed by atoms with Crippen LogP contribution >= 0.6 is 23.4 Å². The van der Waals surface area contributed by atoms with Gasteiger partial charge in [0.2, 0.25) is 0 Å². The van der Waals surface area contributed by atoms with E-state index in [1.165, 1.54) is 18.2 Å². The second-order valence-corrected chi connectivity index (χ2v) is 8.55. The molecule has 2 rings (SSSR count). The van der Waals surface area contributed by atoms with Crippen molar-refractivity contribution >= 4 is 44.9 Å². The van der Waals surface area contributed by atoms with Crippen LogP contribution < -0.4 is 10.6 Å². The first-order valence-corrected chi connectivity index (χ1v) is 10.3. The van der Waals surface area contributed by atoms with E-state index in [-0.39, 0.29) is 15.6 Å². The zero-order valence-electron chi connectivity index (χ0n) is 13.0. The molecule has 128 valence electrons. The molecule has 0 unspecified atom stereocenters. The Labute approximate surface area is 150 Å². The summed E-state index contributed by atoms with van der Waals surface area (Å²) < 4.78 is 23.1. The number of amides is 2. The average molecular weight is 385 g/mol. The fraction of sp³-hybridized carbons (Fsp3) is 0.188. The largest absolute Gasteiger partial charge is 0.337 e. The minimum absolute atomic E-state index is 0.0989. The van der Waals surface area contributed by atoms with Crippen LogP contribution in [-0.2, 0) is 9.84 Å². The Kier molecular flexibility index (Phi) is 6.53. The van der Waals surface area contributed by atoms with Gasteiger partial charge in [-0.05, 0) is 30.3 Å². The number of hydrogen-bond acceptors (Lipinski definition) is 4. The van der Waals surface area contributed by atoms with Crippen molar-refractivity contribution in [3.63, 3.8) is 0 Å². The van der Waals surface area contributed by atoms with Gasteiger partial charge >= 0.3 is 6.03 Å². The minimum Gasteiger partial charge on any atom is -0.337 e. The van der Waals surface area contributed by atoms with E-state index in [0.717, 1.165) is 11.2 Å². The molecule has 0 fully saturated rings. The van der Waals surface area contributed by atoms with Crippen molar-refractivity contribution in [3.8, 4) is 0 Å². The summed E-state index contributed by atoms with van der Waals surface area (Å²) in [6, 6.07) is 13.6. The number of benzene rings is 2. The summed E-state index contributed by atoms with van der Waals surface area (Å²) in [6.45, 7) is 0.467. The summed E-state index contributed by atoms with van der Waals surface area (Å²) in [6.07, 6.45) is 1.10. The third-order valence-corrected chi connectivity index (χ3v) is 5.47. The quantitative estimate of drug-likeness (QED) is 0.588. The number of urea groups is 1. The topological polar surface area (TPSA) is 75.3 Å². The minimum atomic E-state index is -3.36. The summed E-state index contributed by atoms with van der Waals surface area (Å²) in [5.41, 5.74) is 0.257. The lowest BCUT2D eigenvalue weighted by Crippen LogP contribution is -2.30. The van der Waals surface area contributed by atoms with Gasteiger partial charge in [-0.15, -0.1) is 11.8 Å². The number of rotatable bonds is 6. The molecule has 0 saturated heterocycles. The van der Waals surface area contributed by atoms with Crippen LogP contribution in [-0.4, -0.2) is 33.0 Å². The van der Waals surface area contributed by atoms with Crippen molar-refractivity contribution in [1.82, 2.24) is 5.32 Å². The lowest BCUT2D eigenvalue weighted by atomic mass is 10.3. The molecule has 0 radical (unpaired) electrons. The molecule has 0 bridgehead atoms. The third kappa shape index (κ3) is 5.74. The molecule has 8 heteroatoms. The lowest BCUT2D eigenvalue weighted by molar-refractivity contribution is 0.252. The maximum Gasteiger partial charge on any atom is 0.319 e. The fourth-order valence-electron chi connectivity index (χ4n) is 1.85. The number of hydrogen-bond donors (Lipinski definition) is 2. The Balaban J connectivity index is 1.86. The summed E-state index contributed by atoms with van der Waals surface area (Å²) in [7, 11) is -3.36. The van der Waals surface area contributed by atoms with E-state index in [0.29, 0.717) is 12.3 Å². The summed E-state index contributed by atoms with van der Waals surface area (Å²) in [4.78, 5) is 13.1. The number of carbonyl (C=O) groups is 1. The zero-order chi connectivity index (χ0) is 17.6. The predicted molar refractivity (Wildman–Crippen MR) is 98.7 cm³/mol.